The Bertz CT molecular complexity index is 1410. The predicted octanol–water partition coefficient (Wildman–Crippen LogP) is 5.42. The van der Waals surface area contributed by atoms with Crippen LogP contribution in [0.1, 0.15) is 23.6 Å². The van der Waals surface area contributed by atoms with Crippen molar-refractivity contribution < 1.29 is 36.9 Å². The van der Waals surface area contributed by atoms with Gasteiger partial charge in [-0.25, -0.2) is 4.39 Å². The van der Waals surface area contributed by atoms with Crippen LogP contribution in [0.25, 0.3) is 0 Å². The molecule has 2 heterocycles. The van der Waals surface area contributed by atoms with Crippen LogP contribution in [0.5, 0.6) is 11.5 Å². The first-order valence-electron chi connectivity index (χ1n) is 13.0. The van der Waals surface area contributed by atoms with Crippen molar-refractivity contribution in [2.24, 2.45) is 0 Å². The van der Waals surface area contributed by atoms with E-state index in [9.17, 15) is 23.1 Å². The maximum atomic E-state index is 15.1. The number of anilines is 3. The van der Waals surface area contributed by atoms with E-state index in [4.69, 9.17) is 9.47 Å². The van der Waals surface area contributed by atoms with Gasteiger partial charge in [-0.15, -0.1) is 0 Å². The summed E-state index contributed by atoms with van der Waals surface area (Å²) in [4.78, 5) is 17.8. The molecule has 0 aromatic heterocycles. The van der Waals surface area contributed by atoms with Crippen molar-refractivity contribution in [2.45, 2.75) is 24.9 Å². The second-order valence-corrected chi connectivity index (χ2v) is 9.85. The van der Waals surface area contributed by atoms with Gasteiger partial charge in [0.1, 0.15) is 17.3 Å². The van der Waals surface area contributed by atoms with E-state index in [1.165, 1.54) is 25.3 Å². The lowest BCUT2D eigenvalue weighted by atomic mass is 9.95. The third-order valence-electron chi connectivity index (χ3n) is 7.51. The Morgan fingerprint density at radius 2 is 1.73 bits per heavy atom. The number of ether oxygens (including phenoxy) is 2. The van der Waals surface area contributed by atoms with Gasteiger partial charge in [-0.05, 0) is 36.4 Å². The zero-order valence-corrected chi connectivity index (χ0v) is 22.5. The van der Waals surface area contributed by atoms with Gasteiger partial charge < -0.3 is 29.7 Å². The number of carboxylic acids is 1. The molecule has 3 aromatic carbocycles. The second kappa shape index (κ2) is 11.4. The smallest absolute Gasteiger partial charge is 0.416 e. The first-order valence-corrected chi connectivity index (χ1v) is 13.0. The van der Waals surface area contributed by atoms with Crippen LogP contribution in [0.3, 0.4) is 0 Å². The molecule has 12 heteroatoms. The zero-order chi connectivity index (χ0) is 29.3. The minimum Gasteiger partial charge on any atom is -0.497 e. The summed E-state index contributed by atoms with van der Waals surface area (Å²) in [7, 11) is 2.93. The standard InChI is InChI=1S/C29H30F4N4O4/c1-40-20-6-3-5-19(16-20)35-11-13-36(14-12-35)28-34-27-21(7-4-8-22(27)30)23(17-26(38)39)37(28)24-15-18(29(31,32)33)9-10-25(24)41-2/h3-10,15-16,23,28,34H,11-14,17H2,1-2H3,(H,38,39). The van der Waals surface area contributed by atoms with Gasteiger partial charge in [0.25, 0.3) is 0 Å². The summed E-state index contributed by atoms with van der Waals surface area (Å²) >= 11 is 0. The number of carbonyl (C=O) groups is 1. The van der Waals surface area contributed by atoms with E-state index in [0.717, 1.165) is 17.8 Å². The average molecular weight is 575 g/mol. The third-order valence-corrected chi connectivity index (χ3v) is 7.51. The van der Waals surface area contributed by atoms with Crippen LogP contribution in [0.2, 0.25) is 0 Å². The number of hydrogen-bond donors (Lipinski definition) is 2. The van der Waals surface area contributed by atoms with Crippen molar-refractivity contribution in [3.63, 3.8) is 0 Å². The summed E-state index contributed by atoms with van der Waals surface area (Å²) in [5.74, 6) is -0.904. The van der Waals surface area contributed by atoms with Crippen LogP contribution in [0, 0.1) is 5.82 Å². The van der Waals surface area contributed by atoms with Gasteiger partial charge in [0, 0.05) is 43.5 Å². The lowest BCUT2D eigenvalue weighted by molar-refractivity contribution is -0.138. The molecule has 0 saturated carbocycles. The highest BCUT2D eigenvalue weighted by molar-refractivity contribution is 5.74. The van der Waals surface area contributed by atoms with E-state index >= 15 is 4.39 Å². The molecule has 2 aliphatic rings. The predicted molar refractivity (Wildman–Crippen MR) is 146 cm³/mol. The van der Waals surface area contributed by atoms with Crippen molar-refractivity contribution in [3.8, 4) is 11.5 Å². The molecule has 1 fully saturated rings. The zero-order valence-electron chi connectivity index (χ0n) is 22.5. The molecular formula is C29H30F4N4O4. The summed E-state index contributed by atoms with van der Waals surface area (Å²) < 4.78 is 67.4. The summed E-state index contributed by atoms with van der Waals surface area (Å²) in [6.07, 6.45) is -5.99. The molecule has 5 rings (SSSR count). The summed E-state index contributed by atoms with van der Waals surface area (Å²) in [5.41, 5.74) is 0.557. The molecule has 8 nitrogen and oxygen atoms in total. The van der Waals surface area contributed by atoms with Gasteiger partial charge in [-0.2, -0.15) is 13.2 Å². The number of rotatable bonds is 7. The molecule has 0 aliphatic carbocycles. The Kier molecular flexibility index (Phi) is 7.85. The van der Waals surface area contributed by atoms with Crippen LogP contribution in [-0.4, -0.2) is 62.7 Å². The monoisotopic (exact) mass is 574 g/mol. The highest BCUT2D eigenvalue weighted by atomic mass is 19.4. The van der Waals surface area contributed by atoms with E-state index < -0.39 is 42.3 Å². The minimum absolute atomic E-state index is 0.0520. The lowest BCUT2D eigenvalue weighted by Gasteiger charge is -2.51. The molecule has 0 radical (unpaired) electrons. The summed E-state index contributed by atoms with van der Waals surface area (Å²) in [6.45, 7) is 2.03. The number of piperazine rings is 1. The normalized spacial score (nSPS) is 19.4. The van der Waals surface area contributed by atoms with Crippen LogP contribution in [0.15, 0.2) is 60.7 Å². The molecule has 0 spiro atoms. The second-order valence-electron chi connectivity index (χ2n) is 9.85. The molecule has 2 aliphatic heterocycles. The van der Waals surface area contributed by atoms with Gasteiger partial charge in [0.2, 0.25) is 0 Å². The van der Waals surface area contributed by atoms with Gasteiger partial charge >= 0.3 is 12.1 Å². The topological polar surface area (TPSA) is 77.5 Å². The van der Waals surface area contributed by atoms with Crippen molar-refractivity contribution in [2.75, 3.05) is 55.5 Å². The fourth-order valence-electron chi connectivity index (χ4n) is 5.53. The number of nitrogens with zero attached hydrogens (tertiary/aromatic N) is 3. The Hall–Kier alpha value is -4.19. The maximum absolute atomic E-state index is 15.1. The Morgan fingerprint density at radius 1 is 1.00 bits per heavy atom. The van der Waals surface area contributed by atoms with Crippen LogP contribution >= 0.6 is 0 Å². The molecule has 0 amide bonds. The molecule has 3 aromatic rings. The van der Waals surface area contributed by atoms with Crippen molar-refractivity contribution in [1.29, 1.82) is 0 Å². The van der Waals surface area contributed by atoms with Gasteiger partial charge in [0.15, 0.2) is 6.29 Å². The number of methoxy groups -OCH3 is 2. The van der Waals surface area contributed by atoms with E-state index in [-0.39, 0.29) is 17.1 Å². The minimum atomic E-state index is -4.64. The molecule has 0 bridgehead atoms. The third kappa shape index (κ3) is 5.69. The lowest BCUT2D eigenvalue weighted by Crippen LogP contribution is -2.62. The Labute approximate surface area is 234 Å². The van der Waals surface area contributed by atoms with Gasteiger partial charge in [0.05, 0.1) is 43.6 Å². The van der Waals surface area contributed by atoms with Gasteiger partial charge in [-0.1, -0.05) is 18.2 Å². The maximum Gasteiger partial charge on any atom is 0.416 e. The Balaban J connectivity index is 1.57. The van der Waals surface area contributed by atoms with E-state index in [1.54, 1.807) is 18.1 Å². The Morgan fingerprint density at radius 3 is 2.39 bits per heavy atom. The summed E-state index contributed by atoms with van der Waals surface area (Å²) in [5, 5.41) is 13.0. The fraction of sp³-hybridized carbons (Fsp3) is 0.345. The van der Waals surface area contributed by atoms with Crippen LogP contribution < -0.4 is 24.6 Å². The van der Waals surface area contributed by atoms with Crippen molar-refractivity contribution in [1.82, 2.24) is 4.90 Å². The van der Waals surface area contributed by atoms with Crippen LogP contribution in [0.4, 0.5) is 34.6 Å². The number of aliphatic carboxylic acids is 1. The number of nitrogens with one attached hydrogen (secondary N) is 1. The molecule has 218 valence electrons. The van der Waals surface area contributed by atoms with Crippen molar-refractivity contribution >= 4 is 23.0 Å². The number of halogens is 4. The van der Waals surface area contributed by atoms with E-state index in [1.807, 2.05) is 29.2 Å². The fourth-order valence-corrected chi connectivity index (χ4v) is 5.53. The molecule has 41 heavy (non-hydrogen) atoms. The molecular weight excluding hydrogens is 544 g/mol. The quantitative estimate of drug-likeness (QED) is 0.363. The number of carboxylic acid groups (broad SMARTS) is 1. The van der Waals surface area contributed by atoms with Crippen LogP contribution in [-0.2, 0) is 11.0 Å². The number of para-hydroxylation sites is 1. The highest BCUT2D eigenvalue weighted by Crippen LogP contribution is 2.46. The molecule has 1 saturated heterocycles. The van der Waals surface area contributed by atoms with Gasteiger partial charge in [-0.3, -0.25) is 9.69 Å². The number of fused-ring (bicyclic) bond motifs is 1. The number of alkyl halides is 3. The first kappa shape index (κ1) is 28.3. The van der Waals surface area contributed by atoms with E-state index in [2.05, 4.69) is 10.2 Å². The SMILES string of the molecule is COc1cccc(N2CCN(C3Nc4c(F)cccc4C(CC(=O)O)N3c3cc(C(F)(F)F)ccc3OC)CC2)c1. The average Bonchev–Trinajstić information content (AvgIpc) is 2.96. The first-order chi connectivity index (χ1) is 19.6. The van der Waals surface area contributed by atoms with Crippen molar-refractivity contribution in [3.05, 3.63) is 77.6 Å². The molecule has 2 N–H and O–H groups in total. The largest absolute Gasteiger partial charge is 0.497 e. The molecule has 2 atom stereocenters. The number of benzene rings is 3. The summed E-state index contributed by atoms with van der Waals surface area (Å²) in [6, 6.07) is 14.0. The van der Waals surface area contributed by atoms with E-state index in [0.29, 0.717) is 37.5 Å². The number of hydrogen-bond acceptors (Lipinski definition) is 7. The highest BCUT2D eigenvalue weighted by Gasteiger charge is 2.42. The molecule has 2 unspecified atom stereocenters.